The van der Waals surface area contributed by atoms with E-state index in [0.29, 0.717) is 23.5 Å². The standard InChI is InChI=1S/C20H17FN2O2S/c1-12-11-26-19(22-12)13(2)25-17-7-8-18-14(9-17)10-23(20(18)24)16-5-3-15(21)4-6-16/h3-9,11,13H,10H2,1-2H3. The minimum Gasteiger partial charge on any atom is -0.484 e. The Bertz CT molecular complexity index is 968. The summed E-state index contributed by atoms with van der Waals surface area (Å²) in [6.45, 7) is 4.36. The molecule has 4 nitrogen and oxygen atoms in total. The Morgan fingerprint density at radius 3 is 2.69 bits per heavy atom. The minimum absolute atomic E-state index is 0.0817. The number of hydrogen-bond donors (Lipinski definition) is 0. The average Bonchev–Trinajstić information content (AvgIpc) is 3.19. The Morgan fingerprint density at radius 2 is 2.00 bits per heavy atom. The summed E-state index contributed by atoms with van der Waals surface area (Å²) in [7, 11) is 0. The van der Waals surface area contributed by atoms with E-state index in [9.17, 15) is 9.18 Å². The number of carbonyl (C=O) groups excluding carboxylic acids is 1. The highest BCUT2D eigenvalue weighted by Crippen LogP contribution is 2.32. The molecule has 1 amide bonds. The monoisotopic (exact) mass is 368 g/mol. The molecule has 0 spiro atoms. The maximum Gasteiger partial charge on any atom is 0.258 e. The van der Waals surface area contributed by atoms with Gasteiger partial charge in [-0.15, -0.1) is 11.3 Å². The molecule has 2 aromatic carbocycles. The van der Waals surface area contributed by atoms with Crippen molar-refractivity contribution >= 4 is 22.9 Å². The maximum atomic E-state index is 13.1. The number of nitrogens with zero attached hydrogens (tertiary/aromatic N) is 2. The van der Waals surface area contributed by atoms with Crippen molar-refractivity contribution < 1.29 is 13.9 Å². The number of amides is 1. The lowest BCUT2D eigenvalue weighted by Crippen LogP contribution is -2.22. The maximum absolute atomic E-state index is 13.1. The molecule has 0 radical (unpaired) electrons. The summed E-state index contributed by atoms with van der Waals surface area (Å²) in [4.78, 5) is 18.7. The van der Waals surface area contributed by atoms with Gasteiger partial charge in [0.1, 0.15) is 22.7 Å². The Morgan fingerprint density at radius 1 is 1.23 bits per heavy atom. The number of rotatable bonds is 4. The van der Waals surface area contributed by atoms with Gasteiger partial charge in [-0.1, -0.05) is 0 Å². The fraction of sp³-hybridized carbons (Fsp3) is 0.200. The first-order valence-corrected chi connectivity index (χ1v) is 9.18. The molecule has 0 saturated carbocycles. The molecule has 1 atom stereocenters. The molecule has 3 aromatic rings. The van der Waals surface area contributed by atoms with E-state index in [1.807, 2.05) is 31.4 Å². The number of aryl methyl sites for hydroxylation is 1. The number of fused-ring (bicyclic) bond motifs is 1. The molecule has 1 aromatic heterocycles. The largest absolute Gasteiger partial charge is 0.484 e. The average molecular weight is 368 g/mol. The van der Waals surface area contributed by atoms with Gasteiger partial charge in [-0.2, -0.15) is 0 Å². The van der Waals surface area contributed by atoms with E-state index in [1.54, 1.807) is 34.4 Å². The highest BCUT2D eigenvalue weighted by Gasteiger charge is 2.29. The summed E-state index contributed by atoms with van der Waals surface area (Å²) in [5.74, 6) is 0.305. The van der Waals surface area contributed by atoms with Gasteiger partial charge in [0.25, 0.3) is 5.91 Å². The Labute approximate surface area is 154 Å². The lowest BCUT2D eigenvalue weighted by molar-refractivity contribution is 0.0996. The van der Waals surface area contributed by atoms with Crippen LogP contribution in [0.3, 0.4) is 0 Å². The predicted octanol–water partition coefficient (Wildman–Crippen LogP) is 4.89. The topological polar surface area (TPSA) is 42.4 Å². The third kappa shape index (κ3) is 3.08. The first-order chi connectivity index (χ1) is 12.5. The van der Waals surface area contributed by atoms with E-state index in [-0.39, 0.29) is 17.8 Å². The summed E-state index contributed by atoms with van der Waals surface area (Å²) in [5, 5.41) is 2.92. The number of aromatic nitrogens is 1. The van der Waals surface area contributed by atoms with Crippen molar-refractivity contribution in [2.75, 3.05) is 4.90 Å². The van der Waals surface area contributed by atoms with Gasteiger partial charge in [-0.05, 0) is 61.9 Å². The number of anilines is 1. The van der Waals surface area contributed by atoms with E-state index in [2.05, 4.69) is 4.98 Å². The molecule has 0 bridgehead atoms. The SMILES string of the molecule is Cc1csc(C(C)Oc2ccc3c(c2)CN(c2ccc(F)cc2)C3=O)n1. The van der Waals surface area contributed by atoms with Crippen molar-refractivity contribution in [2.24, 2.45) is 0 Å². The van der Waals surface area contributed by atoms with Crippen molar-refractivity contribution in [2.45, 2.75) is 26.5 Å². The number of halogens is 1. The highest BCUT2D eigenvalue weighted by atomic mass is 32.1. The first-order valence-electron chi connectivity index (χ1n) is 8.30. The normalized spacial score (nSPS) is 14.4. The molecule has 1 unspecified atom stereocenters. The number of benzene rings is 2. The fourth-order valence-electron chi connectivity index (χ4n) is 3.01. The number of carbonyl (C=O) groups is 1. The zero-order chi connectivity index (χ0) is 18.3. The van der Waals surface area contributed by atoms with Crippen LogP contribution in [-0.4, -0.2) is 10.9 Å². The summed E-state index contributed by atoms with van der Waals surface area (Å²) in [5.41, 5.74) is 3.22. The van der Waals surface area contributed by atoms with Gasteiger partial charge in [0, 0.05) is 22.3 Å². The van der Waals surface area contributed by atoms with Crippen molar-refractivity contribution in [1.29, 1.82) is 0 Å². The molecule has 4 rings (SSSR count). The molecule has 0 aliphatic carbocycles. The molecular weight excluding hydrogens is 351 g/mol. The van der Waals surface area contributed by atoms with E-state index in [1.165, 1.54) is 12.1 Å². The van der Waals surface area contributed by atoms with Crippen LogP contribution in [0.4, 0.5) is 10.1 Å². The van der Waals surface area contributed by atoms with Crippen LogP contribution in [0, 0.1) is 12.7 Å². The quantitative estimate of drug-likeness (QED) is 0.658. The second-order valence-corrected chi connectivity index (χ2v) is 7.16. The summed E-state index contributed by atoms with van der Waals surface area (Å²) >= 11 is 1.57. The summed E-state index contributed by atoms with van der Waals surface area (Å²) in [6.07, 6.45) is -0.156. The summed E-state index contributed by atoms with van der Waals surface area (Å²) < 4.78 is 19.1. The van der Waals surface area contributed by atoms with Crippen LogP contribution in [0.5, 0.6) is 5.75 Å². The molecule has 132 valence electrons. The molecule has 0 N–H and O–H groups in total. The number of ether oxygens (including phenoxy) is 1. The Balaban J connectivity index is 1.54. The van der Waals surface area contributed by atoms with Crippen LogP contribution in [0.25, 0.3) is 0 Å². The Hall–Kier alpha value is -2.73. The van der Waals surface area contributed by atoms with Gasteiger partial charge in [0.2, 0.25) is 0 Å². The van der Waals surface area contributed by atoms with Gasteiger partial charge >= 0.3 is 0 Å². The van der Waals surface area contributed by atoms with Crippen molar-refractivity contribution in [3.05, 3.63) is 75.5 Å². The molecule has 26 heavy (non-hydrogen) atoms. The second kappa shape index (κ2) is 6.53. The lowest BCUT2D eigenvalue weighted by atomic mass is 10.1. The molecule has 0 fully saturated rings. The van der Waals surface area contributed by atoms with Gasteiger partial charge in [-0.3, -0.25) is 4.79 Å². The van der Waals surface area contributed by atoms with Crippen LogP contribution < -0.4 is 9.64 Å². The van der Waals surface area contributed by atoms with E-state index in [4.69, 9.17) is 4.74 Å². The molecular formula is C20H17FN2O2S. The number of hydrogen-bond acceptors (Lipinski definition) is 4. The lowest BCUT2D eigenvalue weighted by Gasteiger charge is -2.15. The van der Waals surface area contributed by atoms with E-state index >= 15 is 0 Å². The minimum atomic E-state index is -0.319. The van der Waals surface area contributed by atoms with Crippen LogP contribution >= 0.6 is 11.3 Å². The van der Waals surface area contributed by atoms with Crippen LogP contribution in [0.2, 0.25) is 0 Å². The third-order valence-electron chi connectivity index (χ3n) is 4.32. The van der Waals surface area contributed by atoms with Gasteiger partial charge in [-0.25, -0.2) is 9.37 Å². The van der Waals surface area contributed by atoms with E-state index < -0.39 is 0 Å². The molecule has 0 saturated heterocycles. The van der Waals surface area contributed by atoms with Crippen LogP contribution in [0.15, 0.2) is 47.8 Å². The van der Waals surface area contributed by atoms with Crippen LogP contribution in [-0.2, 0) is 6.54 Å². The first kappa shape index (κ1) is 16.7. The predicted molar refractivity (Wildman–Crippen MR) is 99.2 cm³/mol. The van der Waals surface area contributed by atoms with Crippen molar-refractivity contribution in [3.8, 4) is 5.75 Å². The fourth-order valence-corrected chi connectivity index (χ4v) is 3.79. The van der Waals surface area contributed by atoms with Gasteiger partial charge in [0.15, 0.2) is 0 Å². The molecule has 2 heterocycles. The number of thiazole rings is 1. The molecule has 6 heteroatoms. The van der Waals surface area contributed by atoms with Crippen molar-refractivity contribution in [1.82, 2.24) is 4.98 Å². The third-order valence-corrected chi connectivity index (χ3v) is 5.44. The molecule has 1 aliphatic heterocycles. The van der Waals surface area contributed by atoms with Crippen molar-refractivity contribution in [3.63, 3.8) is 0 Å². The van der Waals surface area contributed by atoms with Gasteiger partial charge < -0.3 is 9.64 Å². The van der Waals surface area contributed by atoms with E-state index in [0.717, 1.165) is 16.3 Å². The van der Waals surface area contributed by atoms with Gasteiger partial charge in [0.05, 0.1) is 6.54 Å². The summed E-state index contributed by atoms with van der Waals surface area (Å²) in [6, 6.07) is 11.4. The Kier molecular flexibility index (Phi) is 4.20. The zero-order valence-corrected chi connectivity index (χ0v) is 15.2. The smallest absolute Gasteiger partial charge is 0.258 e. The molecule has 1 aliphatic rings. The zero-order valence-electron chi connectivity index (χ0n) is 14.4. The van der Waals surface area contributed by atoms with Crippen LogP contribution in [0.1, 0.15) is 39.7 Å². The second-order valence-electron chi connectivity index (χ2n) is 6.27. The highest BCUT2D eigenvalue weighted by molar-refractivity contribution is 7.09.